The number of oxazole rings is 1. The Kier molecular flexibility index (Phi) is 4.19. The molecule has 0 bridgehead atoms. The summed E-state index contributed by atoms with van der Waals surface area (Å²) in [6.45, 7) is 4.67. The highest BCUT2D eigenvalue weighted by atomic mass is 16.5. The molecule has 1 aliphatic rings. The summed E-state index contributed by atoms with van der Waals surface area (Å²) >= 11 is 0. The largest absolute Gasteiger partial charge is 0.497 e. The van der Waals surface area contributed by atoms with E-state index < -0.39 is 5.76 Å². The highest BCUT2D eigenvalue weighted by Gasteiger charge is 2.19. The molecule has 2 heterocycles. The number of hydrogen-bond donors (Lipinski definition) is 1. The van der Waals surface area contributed by atoms with Gasteiger partial charge in [-0.15, -0.1) is 0 Å². The fourth-order valence-corrected chi connectivity index (χ4v) is 3.37. The summed E-state index contributed by atoms with van der Waals surface area (Å²) in [6.07, 6.45) is 0. The van der Waals surface area contributed by atoms with Crippen LogP contribution in [0.15, 0.2) is 51.7 Å². The number of benzene rings is 2. The van der Waals surface area contributed by atoms with Crippen LogP contribution >= 0.6 is 0 Å². The van der Waals surface area contributed by atoms with Gasteiger partial charge in [0.05, 0.1) is 12.6 Å². The Morgan fingerprint density at radius 1 is 1.12 bits per heavy atom. The van der Waals surface area contributed by atoms with E-state index in [0.717, 1.165) is 49.6 Å². The van der Waals surface area contributed by atoms with Gasteiger partial charge in [-0.25, -0.2) is 4.79 Å². The molecule has 4 rings (SSSR count). The molecular formula is C19H21N3O3. The molecule has 0 saturated carbocycles. The number of ether oxygens (including phenoxy) is 1. The fraction of sp³-hybridized carbons (Fsp3) is 0.316. The number of nitrogens with zero attached hydrogens (tertiary/aromatic N) is 2. The minimum absolute atomic E-state index is 0.398. The Hall–Kier alpha value is -2.73. The lowest BCUT2D eigenvalue weighted by atomic mass is 10.1. The zero-order chi connectivity index (χ0) is 17.2. The molecule has 6 nitrogen and oxygen atoms in total. The van der Waals surface area contributed by atoms with Gasteiger partial charge in [0.2, 0.25) is 0 Å². The van der Waals surface area contributed by atoms with E-state index in [1.165, 1.54) is 5.69 Å². The number of aromatic amines is 1. The lowest BCUT2D eigenvalue weighted by Gasteiger charge is -2.36. The second-order valence-corrected chi connectivity index (χ2v) is 6.27. The molecule has 0 radical (unpaired) electrons. The van der Waals surface area contributed by atoms with Gasteiger partial charge in [-0.3, -0.25) is 9.88 Å². The van der Waals surface area contributed by atoms with Crippen molar-refractivity contribution in [1.29, 1.82) is 0 Å². The summed E-state index contributed by atoms with van der Waals surface area (Å²) in [5.41, 5.74) is 3.72. The zero-order valence-corrected chi connectivity index (χ0v) is 14.2. The number of methoxy groups -OCH3 is 1. The van der Waals surface area contributed by atoms with Crippen LogP contribution in [0.25, 0.3) is 11.1 Å². The lowest BCUT2D eigenvalue weighted by molar-refractivity contribution is 0.250. The Bertz CT molecular complexity index is 923. The average Bonchev–Trinajstić information content (AvgIpc) is 3.04. The average molecular weight is 339 g/mol. The van der Waals surface area contributed by atoms with Crippen molar-refractivity contribution in [3.8, 4) is 5.75 Å². The van der Waals surface area contributed by atoms with Gasteiger partial charge in [0.25, 0.3) is 0 Å². The van der Waals surface area contributed by atoms with Crippen molar-refractivity contribution in [1.82, 2.24) is 9.88 Å². The molecule has 0 spiro atoms. The molecule has 0 amide bonds. The normalized spacial score (nSPS) is 15.6. The summed E-state index contributed by atoms with van der Waals surface area (Å²) in [6, 6.07) is 14.0. The number of anilines is 1. The molecule has 1 aliphatic heterocycles. The molecule has 1 N–H and O–H groups in total. The molecule has 130 valence electrons. The van der Waals surface area contributed by atoms with Crippen LogP contribution in [0.4, 0.5) is 5.69 Å². The first-order chi connectivity index (χ1) is 12.2. The Morgan fingerprint density at radius 2 is 1.92 bits per heavy atom. The van der Waals surface area contributed by atoms with E-state index in [4.69, 9.17) is 9.15 Å². The first-order valence-corrected chi connectivity index (χ1v) is 8.45. The van der Waals surface area contributed by atoms with Gasteiger partial charge in [0.15, 0.2) is 5.58 Å². The molecular weight excluding hydrogens is 318 g/mol. The van der Waals surface area contributed by atoms with Crippen LogP contribution < -0.4 is 15.4 Å². The van der Waals surface area contributed by atoms with Crippen LogP contribution in [0.1, 0.15) is 5.56 Å². The second-order valence-electron chi connectivity index (χ2n) is 6.27. The molecule has 1 fully saturated rings. The molecule has 25 heavy (non-hydrogen) atoms. The molecule has 6 heteroatoms. The van der Waals surface area contributed by atoms with Crippen LogP contribution in [0, 0.1) is 0 Å². The van der Waals surface area contributed by atoms with Gasteiger partial charge < -0.3 is 14.1 Å². The van der Waals surface area contributed by atoms with Gasteiger partial charge in [-0.05, 0) is 23.8 Å². The third kappa shape index (κ3) is 3.25. The molecule has 1 aromatic heterocycles. The molecule has 0 atom stereocenters. The summed E-state index contributed by atoms with van der Waals surface area (Å²) in [5, 5.41) is 0. The van der Waals surface area contributed by atoms with E-state index in [-0.39, 0.29) is 0 Å². The van der Waals surface area contributed by atoms with E-state index in [1.54, 1.807) is 7.11 Å². The number of fused-ring (bicyclic) bond motifs is 1. The van der Waals surface area contributed by atoms with Crippen molar-refractivity contribution in [3.63, 3.8) is 0 Å². The number of rotatable bonds is 4. The number of nitrogens with one attached hydrogen (secondary N) is 1. The second kappa shape index (κ2) is 6.64. The fourth-order valence-electron chi connectivity index (χ4n) is 3.37. The number of hydrogen-bond acceptors (Lipinski definition) is 5. The van der Waals surface area contributed by atoms with Gasteiger partial charge >= 0.3 is 5.76 Å². The van der Waals surface area contributed by atoms with Crippen molar-refractivity contribution >= 4 is 16.8 Å². The zero-order valence-electron chi connectivity index (χ0n) is 14.2. The van der Waals surface area contributed by atoms with Gasteiger partial charge in [0, 0.05) is 44.5 Å². The Balaban J connectivity index is 1.44. The smallest absolute Gasteiger partial charge is 0.417 e. The summed E-state index contributed by atoms with van der Waals surface area (Å²) < 4.78 is 10.5. The predicted molar refractivity (Wildman–Crippen MR) is 97.3 cm³/mol. The Labute approximate surface area is 145 Å². The van der Waals surface area contributed by atoms with E-state index in [1.807, 2.05) is 30.3 Å². The summed E-state index contributed by atoms with van der Waals surface area (Å²) in [4.78, 5) is 19.0. The predicted octanol–water partition coefficient (Wildman–Crippen LogP) is 2.45. The number of para-hydroxylation sites is 1. The first-order valence-electron chi connectivity index (χ1n) is 8.45. The quantitative estimate of drug-likeness (QED) is 0.791. The van der Waals surface area contributed by atoms with Crippen LogP contribution in [-0.2, 0) is 6.54 Å². The van der Waals surface area contributed by atoms with Gasteiger partial charge in [0.1, 0.15) is 5.75 Å². The number of piperazine rings is 1. The standard InChI is InChI=1S/C19H21N3O3/c1-24-16-6-3-5-15(12-16)22-10-8-21(9-11-22)13-14-4-2-7-17-18(14)20-19(23)25-17/h2-7,12H,8-11,13H2,1H3,(H,20,23). The minimum Gasteiger partial charge on any atom is -0.497 e. The summed E-state index contributed by atoms with van der Waals surface area (Å²) in [7, 11) is 1.69. The SMILES string of the molecule is COc1cccc(N2CCN(Cc3cccc4oc(=O)[nH]c34)CC2)c1. The molecule has 0 aliphatic carbocycles. The van der Waals surface area contributed by atoms with E-state index in [9.17, 15) is 4.79 Å². The highest BCUT2D eigenvalue weighted by Crippen LogP contribution is 2.23. The van der Waals surface area contributed by atoms with Crippen LogP contribution in [0.3, 0.4) is 0 Å². The van der Waals surface area contributed by atoms with Gasteiger partial charge in [-0.1, -0.05) is 18.2 Å². The lowest BCUT2D eigenvalue weighted by Crippen LogP contribution is -2.46. The highest BCUT2D eigenvalue weighted by molar-refractivity contribution is 5.75. The summed E-state index contributed by atoms with van der Waals surface area (Å²) in [5.74, 6) is 0.487. The van der Waals surface area contributed by atoms with Crippen molar-refractivity contribution in [2.45, 2.75) is 6.54 Å². The Morgan fingerprint density at radius 3 is 2.72 bits per heavy atom. The number of aromatic nitrogens is 1. The topological polar surface area (TPSA) is 61.7 Å². The van der Waals surface area contributed by atoms with Crippen LogP contribution in [-0.4, -0.2) is 43.2 Å². The molecule has 2 aromatic carbocycles. The van der Waals surface area contributed by atoms with Crippen molar-refractivity contribution in [2.24, 2.45) is 0 Å². The van der Waals surface area contributed by atoms with Crippen molar-refractivity contribution < 1.29 is 9.15 Å². The van der Waals surface area contributed by atoms with Crippen molar-refractivity contribution in [3.05, 3.63) is 58.6 Å². The van der Waals surface area contributed by atoms with Crippen LogP contribution in [0.2, 0.25) is 0 Å². The monoisotopic (exact) mass is 339 g/mol. The van der Waals surface area contributed by atoms with E-state index >= 15 is 0 Å². The van der Waals surface area contributed by atoms with Gasteiger partial charge in [-0.2, -0.15) is 0 Å². The maximum atomic E-state index is 11.4. The third-order valence-corrected chi connectivity index (χ3v) is 4.73. The first kappa shape index (κ1) is 15.8. The van der Waals surface area contributed by atoms with Crippen LogP contribution in [0.5, 0.6) is 5.75 Å². The van der Waals surface area contributed by atoms with E-state index in [0.29, 0.717) is 5.58 Å². The maximum absolute atomic E-state index is 11.4. The molecule has 1 saturated heterocycles. The molecule has 0 unspecified atom stereocenters. The van der Waals surface area contributed by atoms with Crippen molar-refractivity contribution in [2.75, 3.05) is 38.2 Å². The third-order valence-electron chi connectivity index (χ3n) is 4.73. The van der Waals surface area contributed by atoms with E-state index in [2.05, 4.69) is 26.9 Å². The minimum atomic E-state index is -0.398. The number of H-pyrrole nitrogens is 1. The maximum Gasteiger partial charge on any atom is 0.417 e. The molecule has 3 aromatic rings.